The van der Waals surface area contributed by atoms with Gasteiger partial charge in [-0.3, -0.25) is 4.79 Å². The number of hydrogen-bond acceptors (Lipinski definition) is 3. The Morgan fingerprint density at radius 1 is 0.900 bits per heavy atom. The fourth-order valence-electron chi connectivity index (χ4n) is 4.39. The number of nitrogens with one attached hydrogen (secondary N) is 1. The van der Waals surface area contributed by atoms with Gasteiger partial charge in [0.25, 0.3) is 0 Å². The summed E-state index contributed by atoms with van der Waals surface area (Å²) < 4.78 is 0. The summed E-state index contributed by atoms with van der Waals surface area (Å²) in [5, 5.41) is 3.11. The standard InChI is InChI=1S/C26H29N3O/c27-17-22-18-29(19-24(22)21-11-5-2-6-12-21)16-15-26(30)28-25-14-8-7-13-23(25)20-9-3-1-4-10-20/h1-14,22,24H,15-19,27H2,(H,28,30)/t22-,24+/m1/s1. The molecule has 0 saturated carbocycles. The molecule has 30 heavy (non-hydrogen) atoms. The molecule has 0 spiro atoms. The summed E-state index contributed by atoms with van der Waals surface area (Å²) in [6.45, 7) is 3.33. The van der Waals surface area contributed by atoms with E-state index in [0.29, 0.717) is 24.8 Å². The van der Waals surface area contributed by atoms with Crippen molar-refractivity contribution in [3.05, 3.63) is 90.5 Å². The zero-order chi connectivity index (χ0) is 20.8. The first-order valence-corrected chi connectivity index (χ1v) is 10.7. The van der Waals surface area contributed by atoms with Crippen LogP contribution in [0.25, 0.3) is 11.1 Å². The van der Waals surface area contributed by atoms with E-state index in [1.165, 1.54) is 5.56 Å². The molecule has 1 aliphatic rings. The van der Waals surface area contributed by atoms with Crippen LogP contribution in [0.3, 0.4) is 0 Å². The molecule has 3 aromatic rings. The van der Waals surface area contributed by atoms with Crippen LogP contribution in [0.1, 0.15) is 17.9 Å². The summed E-state index contributed by atoms with van der Waals surface area (Å²) in [5.41, 5.74) is 10.4. The van der Waals surface area contributed by atoms with Crippen LogP contribution < -0.4 is 11.1 Å². The predicted molar refractivity (Wildman–Crippen MR) is 123 cm³/mol. The molecule has 1 fully saturated rings. The molecule has 2 atom stereocenters. The van der Waals surface area contributed by atoms with Crippen molar-refractivity contribution in [3.63, 3.8) is 0 Å². The highest BCUT2D eigenvalue weighted by Gasteiger charge is 2.32. The minimum absolute atomic E-state index is 0.0471. The monoisotopic (exact) mass is 399 g/mol. The van der Waals surface area contributed by atoms with Crippen molar-refractivity contribution in [2.75, 3.05) is 31.5 Å². The van der Waals surface area contributed by atoms with E-state index in [-0.39, 0.29) is 5.91 Å². The number of likely N-dealkylation sites (tertiary alicyclic amines) is 1. The van der Waals surface area contributed by atoms with Gasteiger partial charge >= 0.3 is 0 Å². The van der Waals surface area contributed by atoms with E-state index in [0.717, 1.165) is 36.4 Å². The molecule has 3 aromatic carbocycles. The molecule has 1 heterocycles. The fraction of sp³-hybridized carbons (Fsp3) is 0.269. The third kappa shape index (κ3) is 4.78. The van der Waals surface area contributed by atoms with Crippen molar-refractivity contribution in [2.24, 2.45) is 11.7 Å². The summed E-state index contributed by atoms with van der Waals surface area (Å²) in [6.07, 6.45) is 0.474. The molecule has 0 radical (unpaired) electrons. The van der Waals surface area contributed by atoms with Crippen LogP contribution in [0.15, 0.2) is 84.9 Å². The lowest BCUT2D eigenvalue weighted by atomic mass is 9.89. The number of anilines is 1. The van der Waals surface area contributed by atoms with Crippen molar-refractivity contribution in [1.29, 1.82) is 0 Å². The van der Waals surface area contributed by atoms with Crippen LogP contribution in [0.4, 0.5) is 5.69 Å². The number of benzene rings is 3. The highest BCUT2D eigenvalue weighted by atomic mass is 16.1. The lowest BCUT2D eigenvalue weighted by Crippen LogP contribution is -2.27. The number of rotatable bonds is 7. The third-order valence-corrected chi connectivity index (χ3v) is 5.99. The Balaban J connectivity index is 1.36. The number of nitrogens with zero attached hydrogens (tertiary/aromatic N) is 1. The number of carbonyl (C=O) groups is 1. The Labute approximate surface area is 178 Å². The van der Waals surface area contributed by atoms with Crippen LogP contribution in [-0.2, 0) is 4.79 Å². The van der Waals surface area contributed by atoms with Crippen LogP contribution in [0.2, 0.25) is 0 Å². The molecule has 154 valence electrons. The third-order valence-electron chi connectivity index (χ3n) is 5.99. The average molecular weight is 400 g/mol. The molecule has 4 nitrogen and oxygen atoms in total. The maximum absolute atomic E-state index is 12.7. The molecule has 0 aliphatic carbocycles. The van der Waals surface area contributed by atoms with Gasteiger partial charge in [-0.25, -0.2) is 0 Å². The quantitative estimate of drug-likeness (QED) is 0.621. The largest absolute Gasteiger partial charge is 0.330 e. The molecule has 0 bridgehead atoms. The summed E-state index contributed by atoms with van der Waals surface area (Å²) >= 11 is 0. The topological polar surface area (TPSA) is 58.4 Å². The molecule has 1 aliphatic heterocycles. The molecule has 1 saturated heterocycles. The number of amides is 1. The van der Waals surface area contributed by atoms with Gasteiger partial charge in [0, 0.05) is 43.2 Å². The number of nitrogens with two attached hydrogens (primary N) is 1. The van der Waals surface area contributed by atoms with Gasteiger partial charge in [-0.05, 0) is 29.7 Å². The lowest BCUT2D eigenvalue weighted by Gasteiger charge is -2.17. The fourth-order valence-corrected chi connectivity index (χ4v) is 4.39. The molecule has 1 amide bonds. The number of para-hydroxylation sites is 1. The second-order valence-corrected chi connectivity index (χ2v) is 7.98. The Hall–Kier alpha value is -2.95. The molecule has 4 heteroatoms. The second-order valence-electron chi connectivity index (χ2n) is 7.98. The normalized spacial score (nSPS) is 19.0. The summed E-state index contributed by atoms with van der Waals surface area (Å²) in [4.78, 5) is 15.1. The molecule has 0 unspecified atom stereocenters. The zero-order valence-corrected chi connectivity index (χ0v) is 17.2. The summed E-state index contributed by atoms with van der Waals surface area (Å²) in [7, 11) is 0. The van der Waals surface area contributed by atoms with E-state index >= 15 is 0 Å². The number of hydrogen-bond donors (Lipinski definition) is 2. The van der Waals surface area contributed by atoms with Crippen molar-refractivity contribution in [1.82, 2.24) is 4.90 Å². The van der Waals surface area contributed by atoms with Crippen LogP contribution >= 0.6 is 0 Å². The zero-order valence-electron chi connectivity index (χ0n) is 17.2. The van der Waals surface area contributed by atoms with E-state index in [2.05, 4.69) is 46.6 Å². The van der Waals surface area contributed by atoms with Gasteiger partial charge in [-0.1, -0.05) is 78.9 Å². The first-order valence-electron chi connectivity index (χ1n) is 10.7. The van der Waals surface area contributed by atoms with E-state index in [1.54, 1.807) is 0 Å². The maximum Gasteiger partial charge on any atom is 0.225 e. The van der Waals surface area contributed by atoms with Crippen molar-refractivity contribution in [3.8, 4) is 11.1 Å². The Morgan fingerprint density at radius 2 is 1.57 bits per heavy atom. The average Bonchev–Trinajstić information content (AvgIpc) is 3.23. The highest BCUT2D eigenvalue weighted by Crippen LogP contribution is 2.32. The second kappa shape index (κ2) is 9.70. The lowest BCUT2D eigenvalue weighted by molar-refractivity contribution is -0.116. The van der Waals surface area contributed by atoms with Crippen LogP contribution in [0.5, 0.6) is 0 Å². The minimum Gasteiger partial charge on any atom is -0.330 e. The molecule has 3 N–H and O–H groups in total. The SMILES string of the molecule is NC[C@@H]1CN(CCC(=O)Nc2ccccc2-c2ccccc2)C[C@H]1c1ccccc1. The minimum atomic E-state index is 0.0471. The van der Waals surface area contributed by atoms with Crippen molar-refractivity contribution in [2.45, 2.75) is 12.3 Å². The van der Waals surface area contributed by atoms with Gasteiger partial charge in [-0.2, -0.15) is 0 Å². The van der Waals surface area contributed by atoms with E-state index < -0.39 is 0 Å². The molecule has 4 rings (SSSR count). The van der Waals surface area contributed by atoms with E-state index in [1.807, 2.05) is 48.5 Å². The van der Waals surface area contributed by atoms with Crippen molar-refractivity contribution >= 4 is 11.6 Å². The highest BCUT2D eigenvalue weighted by molar-refractivity contribution is 5.95. The van der Waals surface area contributed by atoms with Gasteiger partial charge in [0.15, 0.2) is 0 Å². The Kier molecular flexibility index (Phi) is 6.57. The van der Waals surface area contributed by atoms with Crippen LogP contribution in [-0.4, -0.2) is 37.0 Å². The van der Waals surface area contributed by atoms with Crippen LogP contribution in [0, 0.1) is 5.92 Å². The van der Waals surface area contributed by atoms with Gasteiger partial charge in [0.2, 0.25) is 5.91 Å². The maximum atomic E-state index is 12.7. The van der Waals surface area contributed by atoms with Gasteiger partial charge in [0.05, 0.1) is 0 Å². The van der Waals surface area contributed by atoms with E-state index in [4.69, 9.17) is 5.73 Å². The Morgan fingerprint density at radius 3 is 2.30 bits per heavy atom. The van der Waals surface area contributed by atoms with Gasteiger partial charge in [0.1, 0.15) is 0 Å². The first-order chi connectivity index (χ1) is 14.7. The van der Waals surface area contributed by atoms with Gasteiger partial charge < -0.3 is 16.0 Å². The molecule has 0 aromatic heterocycles. The molecular formula is C26H29N3O. The first kappa shape index (κ1) is 20.3. The summed E-state index contributed by atoms with van der Waals surface area (Å²) in [5.74, 6) is 0.929. The smallest absolute Gasteiger partial charge is 0.225 e. The van der Waals surface area contributed by atoms with E-state index in [9.17, 15) is 4.79 Å². The summed E-state index contributed by atoms with van der Waals surface area (Å²) in [6, 6.07) is 28.7. The van der Waals surface area contributed by atoms with Gasteiger partial charge in [-0.15, -0.1) is 0 Å². The van der Waals surface area contributed by atoms with Crippen molar-refractivity contribution < 1.29 is 4.79 Å². The number of carbonyl (C=O) groups excluding carboxylic acids is 1. The molecular weight excluding hydrogens is 370 g/mol. The Bertz CT molecular complexity index is 958. The predicted octanol–water partition coefficient (Wildman–Crippen LogP) is 4.36.